The Morgan fingerprint density at radius 1 is 1.35 bits per heavy atom. The Kier molecular flexibility index (Phi) is 4.66. The van der Waals surface area contributed by atoms with Gasteiger partial charge in [0.15, 0.2) is 0 Å². The van der Waals surface area contributed by atoms with Gasteiger partial charge in [-0.1, -0.05) is 18.1 Å². The number of allylic oxidation sites excluding steroid dienone is 2. The number of fused-ring (bicyclic) bond motifs is 1. The standard InChI is InChI=1S/C18H32O2/c1-13(7-5-11-17(2,3)20)14-9-10-15-16(19)8-6-12-18(14,15)4/h15-16,19-20H,5-12H2,1-4H3/b14-13+/t15-,16?,18+/m0/s1. The van der Waals surface area contributed by atoms with Gasteiger partial charge in [0, 0.05) is 0 Å². The summed E-state index contributed by atoms with van der Waals surface area (Å²) in [5, 5.41) is 20.1. The van der Waals surface area contributed by atoms with E-state index in [-0.39, 0.29) is 11.5 Å². The highest BCUT2D eigenvalue weighted by Gasteiger charge is 2.48. The maximum absolute atomic E-state index is 10.3. The van der Waals surface area contributed by atoms with Crippen molar-refractivity contribution in [3.05, 3.63) is 11.1 Å². The molecule has 0 aromatic rings. The van der Waals surface area contributed by atoms with Gasteiger partial charge >= 0.3 is 0 Å². The predicted molar refractivity (Wildman–Crippen MR) is 83.5 cm³/mol. The molecule has 2 saturated carbocycles. The minimum absolute atomic E-state index is 0.0876. The molecule has 2 nitrogen and oxygen atoms in total. The lowest BCUT2D eigenvalue weighted by Gasteiger charge is -2.41. The van der Waals surface area contributed by atoms with Gasteiger partial charge in [-0.3, -0.25) is 0 Å². The molecule has 0 aliphatic heterocycles. The Morgan fingerprint density at radius 3 is 2.70 bits per heavy atom. The van der Waals surface area contributed by atoms with E-state index < -0.39 is 5.60 Å². The van der Waals surface area contributed by atoms with E-state index >= 15 is 0 Å². The Morgan fingerprint density at radius 2 is 2.05 bits per heavy atom. The van der Waals surface area contributed by atoms with E-state index in [9.17, 15) is 10.2 Å². The molecule has 2 aliphatic rings. The van der Waals surface area contributed by atoms with Gasteiger partial charge in [0.1, 0.15) is 0 Å². The number of aliphatic hydroxyl groups is 2. The SMILES string of the molecule is C/C(CCCC(C)(C)O)=C1/CC[C@H]2C(O)CCC[C@]12C. The first-order chi connectivity index (χ1) is 9.24. The van der Waals surface area contributed by atoms with Crippen molar-refractivity contribution in [1.82, 2.24) is 0 Å². The zero-order valence-corrected chi connectivity index (χ0v) is 13.7. The van der Waals surface area contributed by atoms with Crippen molar-refractivity contribution in [1.29, 1.82) is 0 Å². The summed E-state index contributed by atoms with van der Waals surface area (Å²) in [7, 11) is 0. The third kappa shape index (κ3) is 3.28. The van der Waals surface area contributed by atoms with Gasteiger partial charge in [-0.05, 0) is 83.5 Å². The van der Waals surface area contributed by atoms with Crippen LogP contribution in [0.4, 0.5) is 0 Å². The van der Waals surface area contributed by atoms with Gasteiger partial charge in [-0.25, -0.2) is 0 Å². The van der Waals surface area contributed by atoms with E-state index in [0.717, 1.165) is 38.5 Å². The van der Waals surface area contributed by atoms with Crippen LogP contribution in [0, 0.1) is 11.3 Å². The molecule has 0 radical (unpaired) electrons. The summed E-state index contributed by atoms with van der Waals surface area (Å²) >= 11 is 0. The molecule has 1 unspecified atom stereocenters. The molecular formula is C18H32O2. The molecule has 0 aromatic heterocycles. The Hall–Kier alpha value is -0.340. The summed E-state index contributed by atoms with van der Waals surface area (Å²) in [6.45, 7) is 8.43. The van der Waals surface area contributed by atoms with Gasteiger partial charge in [-0.15, -0.1) is 0 Å². The molecular weight excluding hydrogens is 248 g/mol. The van der Waals surface area contributed by atoms with Crippen molar-refractivity contribution in [3.8, 4) is 0 Å². The molecule has 2 N–H and O–H groups in total. The van der Waals surface area contributed by atoms with Gasteiger partial charge < -0.3 is 10.2 Å². The zero-order valence-electron chi connectivity index (χ0n) is 13.7. The fourth-order valence-corrected chi connectivity index (χ4v) is 4.60. The fraction of sp³-hybridized carbons (Fsp3) is 0.889. The third-order valence-electron chi connectivity index (χ3n) is 5.73. The average Bonchev–Trinajstić information content (AvgIpc) is 2.66. The molecule has 20 heavy (non-hydrogen) atoms. The second kappa shape index (κ2) is 5.81. The number of hydrogen-bond acceptors (Lipinski definition) is 2. The summed E-state index contributed by atoms with van der Waals surface area (Å²) in [5.41, 5.74) is 2.84. The zero-order chi connectivity index (χ0) is 15.0. The average molecular weight is 280 g/mol. The maximum Gasteiger partial charge on any atom is 0.0591 e. The van der Waals surface area contributed by atoms with E-state index in [1.165, 1.54) is 18.4 Å². The summed E-state index contributed by atoms with van der Waals surface area (Å²) in [6.07, 6.45) is 8.66. The van der Waals surface area contributed by atoms with E-state index in [1.807, 2.05) is 13.8 Å². The lowest BCUT2D eigenvalue weighted by Crippen LogP contribution is -2.37. The smallest absolute Gasteiger partial charge is 0.0591 e. The van der Waals surface area contributed by atoms with Crippen LogP contribution in [0.25, 0.3) is 0 Å². The second-order valence-electron chi connectivity index (χ2n) is 7.95. The van der Waals surface area contributed by atoms with Crippen molar-refractivity contribution >= 4 is 0 Å². The molecule has 116 valence electrons. The predicted octanol–water partition coefficient (Wildman–Crippen LogP) is 4.21. The Balaban J connectivity index is 2.05. The first kappa shape index (κ1) is 16.0. The van der Waals surface area contributed by atoms with Gasteiger partial charge in [0.2, 0.25) is 0 Å². The molecule has 2 aliphatic carbocycles. The molecule has 0 spiro atoms. The van der Waals surface area contributed by atoms with Gasteiger partial charge in [-0.2, -0.15) is 0 Å². The molecule has 0 aromatic carbocycles. The molecule has 0 amide bonds. The summed E-state index contributed by atoms with van der Waals surface area (Å²) in [4.78, 5) is 0. The first-order valence-corrected chi connectivity index (χ1v) is 8.33. The van der Waals surface area contributed by atoms with Crippen LogP contribution in [0.2, 0.25) is 0 Å². The summed E-state index contributed by atoms with van der Waals surface area (Å²) in [6, 6.07) is 0. The van der Waals surface area contributed by atoms with E-state index in [0.29, 0.717) is 5.92 Å². The van der Waals surface area contributed by atoms with Crippen LogP contribution in [-0.2, 0) is 0 Å². The Labute approximate surface area is 124 Å². The highest BCUT2D eigenvalue weighted by Crippen LogP contribution is 2.56. The monoisotopic (exact) mass is 280 g/mol. The maximum atomic E-state index is 10.3. The van der Waals surface area contributed by atoms with Crippen LogP contribution in [0.5, 0.6) is 0 Å². The highest BCUT2D eigenvalue weighted by atomic mass is 16.3. The van der Waals surface area contributed by atoms with E-state index in [2.05, 4.69) is 13.8 Å². The fourth-order valence-electron chi connectivity index (χ4n) is 4.60. The third-order valence-corrected chi connectivity index (χ3v) is 5.73. The van der Waals surface area contributed by atoms with Crippen LogP contribution in [0.15, 0.2) is 11.1 Å². The normalized spacial score (nSPS) is 36.9. The van der Waals surface area contributed by atoms with Crippen molar-refractivity contribution in [3.63, 3.8) is 0 Å². The quantitative estimate of drug-likeness (QED) is 0.757. The number of hydrogen-bond donors (Lipinski definition) is 2. The first-order valence-electron chi connectivity index (χ1n) is 8.33. The van der Waals surface area contributed by atoms with Gasteiger partial charge in [0.05, 0.1) is 11.7 Å². The van der Waals surface area contributed by atoms with Gasteiger partial charge in [0.25, 0.3) is 0 Å². The summed E-state index contributed by atoms with van der Waals surface area (Å²) in [5.74, 6) is 0.482. The van der Waals surface area contributed by atoms with E-state index in [1.54, 1.807) is 5.57 Å². The minimum atomic E-state index is -0.548. The van der Waals surface area contributed by atoms with Crippen molar-refractivity contribution < 1.29 is 10.2 Å². The molecule has 2 rings (SSSR count). The molecule has 2 fully saturated rings. The lowest BCUT2D eigenvalue weighted by molar-refractivity contribution is 0.0145. The molecule has 0 saturated heterocycles. The number of rotatable bonds is 4. The van der Waals surface area contributed by atoms with Crippen LogP contribution < -0.4 is 0 Å². The molecule has 0 bridgehead atoms. The second-order valence-corrected chi connectivity index (χ2v) is 7.95. The van der Waals surface area contributed by atoms with Crippen LogP contribution >= 0.6 is 0 Å². The topological polar surface area (TPSA) is 40.5 Å². The van der Waals surface area contributed by atoms with Crippen molar-refractivity contribution in [2.24, 2.45) is 11.3 Å². The van der Waals surface area contributed by atoms with Crippen LogP contribution in [-0.4, -0.2) is 21.9 Å². The molecule has 0 heterocycles. The lowest BCUT2D eigenvalue weighted by atomic mass is 9.65. The molecule has 3 atom stereocenters. The highest BCUT2D eigenvalue weighted by molar-refractivity contribution is 5.27. The van der Waals surface area contributed by atoms with Crippen LogP contribution in [0.3, 0.4) is 0 Å². The Bertz CT molecular complexity index is 377. The van der Waals surface area contributed by atoms with Crippen molar-refractivity contribution in [2.45, 2.75) is 90.8 Å². The molecule has 2 heteroatoms. The summed E-state index contributed by atoms with van der Waals surface area (Å²) < 4.78 is 0. The number of aliphatic hydroxyl groups excluding tert-OH is 1. The van der Waals surface area contributed by atoms with Crippen molar-refractivity contribution in [2.75, 3.05) is 0 Å². The van der Waals surface area contributed by atoms with Crippen LogP contribution in [0.1, 0.15) is 79.1 Å². The minimum Gasteiger partial charge on any atom is -0.393 e. The largest absolute Gasteiger partial charge is 0.393 e. The van der Waals surface area contributed by atoms with E-state index in [4.69, 9.17) is 0 Å².